The van der Waals surface area contributed by atoms with E-state index >= 15 is 0 Å². The molecule has 0 aromatic heterocycles. The molecule has 3 rings (SSSR count). The quantitative estimate of drug-likeness (QED) is 0.709. The standard InChI is InChI=1S/C17H22ClNO/c1-17(2)11-20-15-5-4-13(18)10-14(15)16(17)12-6-8-19(3)9-7-12/h4-5,10H,6-9,11H2,1-3H3. The average molecular weight is 292 g/mol. The molecule has 0 aliphatic carbocycles. The van der Waals surface area contributed by atoms with E-state index in [1.807, 2.05) is 12.1 Å². The number of nitrogens with zero attached hydrogens (tertiary/aromatic N) is 1. The smallest absolute Gasteiger partial charge is 0.126 e. The van der Waals surface area contributed by atoms with Crippen LogP contribution in [0.2, 0.25) is 5.02 Å². The number of ether oxygens (including phenoxy) is 1. The lowest BCUT2D eigenvalue weighted by molar-refractivity contribution is 0.212. The van der Waals surface area contributed by atoms with Gasteiger partial charge in [-0.25, -0.2) is 0 Å². The van der Waals surface area contributed by atoms with Gasteiger partial charge in [0.2, 0.25) is 0 Å². The number of rotatable bonds is 0. The molecule has 1 aromatic rings. The number of hydrogen-bond acceptors (Lipinski definition) is 2. The van der Waals surface area contributed by atoms with E-state index in [0.29, 0.717) is 0 Å². The van der Waals surface area contributed by atoms with E-state index in [9.17, 15) is 0 Å². The monoisotopic (exact) mass is 291 g/mol. The Hall–Kier alpha value is -0.990. The fourth-order valence-corrected chi connectivity index (χ4v) is 3.50. The van der Waals surface area contributed by atoms with Gasteiger partial charge >= 0.3 is 0 Å². The van der Waals surface area contributed by atoms with Crippen molar-refractivity contribution >= 4 is 17.2 Å². The molecule has 108 valence electrons. The highest BCUT2D eigenvalue weighted by atomic mass is 35.5. The molecule has 0 saturated carbocycles. The molecule has 1 fully saturated rings. The van der Waals surface area contributed by atoms with Gasteiger partial charge < -0.3 is 9.64 Å². The highest BCUT2D eigenvalue weighted by Crippen LogP contribution is 2.47. The highest BCUT2D eigenvalue weighted by Gasteiger charge is 2.35. The Labute approximate surface area is 126 Å². The van der Waals surface area contributed by atoms with Gasteiger partial charge in [0.25, 0.3) is 0 Å². The van der Waals surface area contributed by atoms with E-state index in [2.05, 4.69) is 31.9 Å². The fraction of sp³-hybridized carbons (Fsp3) is 0.529. The Morgan fingerprint density at radius 3 is 2.60 bits per heavy atom. The Morgan fingerprint density at radius 1 is 1.20 bits per heavy atom. The molecule has 2 aliphatic rings. The maximum Gasteiger partial charge on any atom is 0.126 e. The molecule has 20 heavy (non-hydrogen) atoms. The summed E-state index contributed by atoms with van der Waals surface area (Å²) in [4.78, 5) is 2.40. The number of halogens is 1. The summed E-state index contributed by atoms with van der Waals surface area (Å²) in [5.41, 5.74) is 4.31. The molecule has 2 nitrogen and oxygen atoms in total. The minimum Gasteiger partial charge on any atom is -0.492 e. The van der Waals surface area contributed by atoms with E-state index in [4.69, 9.17) is 16.3 Å². The summed E-state index contributed by atoms with van der Waals surface area (Å²) < 4.78 is 5.93. The van der Waals surface area contributed by atoms with Crippen LogP contribution in [0.15, 0.2) is 23.8 Å². The third-order valence-corrected chi connectivity index (χ3v) is 4.66. The summed E-state index contributed by atoms with van der Waals surface area (Å²) in [6, 6.07) is 5.98. The van der Waals surface area contributed by atoms with E-state index < -0.39 is 0 Å². The lowest BCUT2D eigenvalue weighted by Gasteiger charge is -2.38. The number of hydrogen-bond donors (Lipinski definition) is 0. The van der Waals surface area contributed by atoms with Crippen molar-refractivity contribution in [1.29, 1.82) is 0 Å². The summed E-state index contributed by atoms with van der Waals surface area (Å²) in [7, 11) is 2.20. The molecule has 3 heteroatoms. The van der Waals surface area contributed by atoms with Crippen molar-refractivity contribution in [1.82, 2.24) is 4.90 Å². The topological polar surface area (TPSA) is 12.5 Å². The molecule has 0 unspecified atom stereocenters. The number of benzene rings is 1. The minimum absolute atomic E-state index is 0.0585. The van der Waals surface area contributed by atoms with Crippen molar-refractivity contribution in [3.05, 3.63) is 34.4 Å². The van der Waals surface area contributed by atoms with E-state index in [0.717, 1.165) is 43.3 Å². The normalized spacial score (nSPS) is 22.4. The summed E-state index contributed by atoms with van der Waals surface area (Å²) in [5.74, 6) is 0.982. The molecular weight excluding hydrogens is 270 g/mol. The van der Waals surface area contributed by atoms with Crippen LogP contribution in [0, 0.1) is 5.41 Å². The first-order valence-electron chi connectivity index (χ1n) is 7.31. The first kappa shape index (κ1) is 14.0. The minimum atomic E-state index is 0.0585. The van der Waals surface area contributed by atoms with Crippen molar-refractivity contribution in [3.63, 3.8) is 0 Å². The molecule has 0 radical (unpaired) electrons. The number of fused-ring (bicyclic) bond motifs is 1. The summed E-state index contributed by atoms with van der Waals surface area (Å²) in [6.07, 6.45) is 2.31. The molecule has 1 saturated heterocycles. The van der Waals surface area contributed by atoms with Gasteiger partial charge in [-0.3, -0.25) is 0 Å². The Balaban J connectivity index is 2.12. The van der Waals surface area contributed by atoms with Crippen LogP contribution in [0.5, 0.6) is 5.75 Å². The van der Waals surface area contributed by atoms with Gasteiger partial charge in [-0.05, 0) is 43.7 Å². The second-order valence-corrected chi connectivity index (χ2v) is 7.03. The van der Waals surface area contributed by atoms with Crippen LogP contribution < -0.4 is 4.74 Å². The molecule has 2 heterocycles. The van der Waals surface area contributed by atoms with Crippen LogP contribution in [0.4, 0.5) is 0 Å². The van der Waals surface area contributed by atoms with E-state index in [1.54, 1.807) is 5.57 Å². The molecule has 0 atom stereocenters. The molecule has 1 aromatic carbocycles. The molecule has 0 spiro atoms. The van der Waals surface area contributed by atoms with Gasteiger partial charge in [0, 0.05) is 29.1 Å². The number of likely N-dealkylation sites (tertiary alicyclic amines) is 1. The lowest BCUT2D eigenvalue weighted by Crippen LogP contribution is -2.32. The number of piperidine rings is 1. The van der Waals surface area contributed by atoms with E-state index in [-0.39, 0.29) is 5.41 Å². The molecule has 0 N–H and O–H groups in total. The second kappa shape index (κ2) is 5.09. The Morgan fingerprint density at radius 2 is 1.90 bits per heavy atom. The third kappa shape index (κ3) is 2.47. The molecule has 0 amide bonds. The summed E-state index contributed by atoms with van der Waals surface area (Å²) >= 11 is 6.21. The maximum atomic E-state index is 6.21. The first-order valence-corrected chi connectivity index (χ1v) is 7.69. The van der Waals surface area contributed by atoms with Crippen molar-refractivity contribution < 1.29 is 4.74 Å². The Kier molecular flexibility index (Phi) is 3.55. The van der Waals surface area contributed by atoms with Crippen LogP contribution >= 0.6 is 11.6 Å². The van der Waals surface area contributed by atoms with Gasteiger partial charge in [-0.1, -0.05) is 31.0 Å². The molecule has 0 bridgehead atoms. The lowest BCUT2D eigenvalue weighted by atomic mass is 9.74. The maximum absolute atomic E-state index is 6.21. The second-order valence-electron chi connectivity index (χ2n) is 6.59. The largest absolute Gasteiger partial charge is 0.492 e. The van der Waals surface area contributed by atoms with Gasteiger partial charge in [-0.2, -0.15) is 0 Å². The van der Waals surface area contributed by atoms with Crippen LogP contribution in [0.1, 0.15) is 32.3 Å². The SMILES string of the molecule is CN1CCC(=C2c3cc(Cl)ccc3OCC2(C)C)CC1. The highest BCUT2D eigenvalue weighted by molar-refractivity contribution is 6.30. The van der Waals surface area contributed by atoms with Gasteiger partial charge in [0.05, 0.1) is 6.61 Å². The molecule has 2 aliphatic heterocycles. The first-order chi connectivity index (χ1) is 9.47. The van der Waals surface area contributed by atoms with Crippen molar-refractivity contribution in [2.24, 2.45) is 5.41 Å². The fourth-order valence-electron chi connectivity index (χ4n) is 3.33. The van der Waals surface area contributed by atoms with E-state index in [1.165, 1.54) is 11.1 Å². The van der Waals surface area contributed by atoms with Crippen LogP contribution in [0.3, 0.4) is 0 Å². The van der Waals surface area contributed by atoms with Crippen LogP contribution in [0.25, 0.3) is 5.57 Å². The zero-order valence-corrected chi connectivity index (χ0v) is 13.3. The summed E-state index contributed by atoms with van der Waals surface area (Å²) in [5, 5.41) is 0.788. The third-order valence-electron chi connectivity index (χ3n) is 4.42. The predicted molar refractivity (Wildman–Crippen MR) is 84.4 cm³/mol. The summed E-state index contributed by atoms with van der Waals surface area (Å²) in [6.45, 7) is 7.59. The van der Waals surface area contributed by atoms with Gasteiger partial charge in [0.1, 0.15) is 5.75 Å². The average Bonchev–Trinajstić information content (AvgIpc) is 2.39. The molecular formula is C17H22ClNO. The van der Waals surface area contributed by atoms with Gasteiger partial charge in [0.15, 0.2) is 0 Å². The zero-order valence-electron chi connectivity index (χ0n) is 12.5. The zero-order chi connectivity index (χ0) is 14.3. The predicted octanol–water partition coefficient (Wildman–Crippen LogP) is 4.24. The van der Waals surface area contributed by atoms with Crippen LogP contribution in [-0.2, 0) is 0 Å². The van der Waals surface area contributed by atoms with Gasteiger partial charge in [-0.15, -0.1) is 0 Å². The van der Waals surface area contributed by atoms with Crippen LogP contribution in [-0.4, -0.2) is 31.6 Å². The van der Waals surface area contributed by atoms with Crippen molar-refractivity contribution in [2.75, 3.05) is 26.7 Å². The van der Waals surface area contributed by atoms with Crippen molar-refractivity contribution in [3.8, 4) is 5.75 Å². The van der Waals surface area contributed by atoms with Crippen molar-refractivity contribution in [2.45, 2.75) is 26.7 Å². The Bertz CT molecular complexity index is 552.